The second kappa shape index (κ2) is 7.73. The van der Waals surface area contributed by atoms with Crippen molar-refractivity contribution in [2.24, 2.45) is 62.1 Å². The topological polar surface area (TPSA) is 94.8 Å². The van der Waals surface area contributed by atoms with Gasteiger partial charge in [0.1, 0.15) is 0 Å². The molecule has 3 N–H and O–H groups in total. The normalized spacial score (nSPS) is 55.9. The molecule has 204 valence electrons. The van der Waals surface area contributed by atoms with Crippen LogP contribution in [-0.2, 0) is 9.59 Å². The second-order valence-corrected chi connectivity index (χ2v) is 15.4. The lowest BCUT2D eigenvalue weighted by Gasteiger charge is -2.76. The standard InChI is InChI=1S/C31H50O5/c1-18-8-14-30(24(33)34)17-16-28(6)27(5)13-9-20-26(3,4)12-11-22(32)29(20,7)21(27)10-15-31(28,25(35)36)23(30)19(18)2/h18-23,32H,8-17H2,1-7H3,(H,33,34)(H,35,36)/t18-,19+,20+,21+,22?,23-,27-,28+,29+,30+,31-/m1/s1. The van der Waals surface area contributed by atoms with Gasteiger partial charge in [-0.25, -0.2) is 0 Å². The van der Waals surface area contributed by atoms with Crippen molar-refractivity contribution in [3.05, 3.63) is 0 Å². The number of aliphatic carboxylic acids is 2. The number of hydrogen-bond donors (Lipinski definition) is 3. The van der Waals surface area contributed by atoms with Crippen LogP contribution in [0.5, 0.6) is 0 Å². The highest BCUT2D eigenvalue weighted by Gasteiger charge is 2.79. The molecule has 5 aliphatic rings. The monoisotopic (exact) mass is 502 g/mol. The minimum atomic E-state index is -1.05. The summed E-state index contributed by atoms with van der Waals surface area (Å²) in [5.74, 6) is -0.872. The van der Waals surface area contributed by atoms with Crippen LogP contribution in [0, 0.1) is 62.1 Å². The highest BCUT2D eigenvalue weighted by atomic mass is 16.4. The predicted octanol–water partition coefficient (Wildman–Crippen LogP) is 6.62. The number of rotatable bonds is 2. The van der Waals surface area contributed by atoms with E-state index in [1.807, 2.05) is 0 Å². The molecule has 11 atom stereocenters. The lowest BCUT2D eigenvalue weighted by atomic mass is 9.27. The summed E-state index contributed by atoms with van der Waals surface area (Å²) in [4.78, 5) is 26.7. The number of aliphatic hydroxyl groups excluding tert-OH is 1. The molecule has 5 saturated carbocycles. The van der Waals surface area contributed by atoms with Gasteiger partial charge < -0.3 is 15.3 Å². The maximum Gasteiger partial charge on any atom is 0.310 e. The Bertz CT molecular complexity index is 959. The van der Waals surface area contributed by atoms with Crippen LogP contribution in [0.3, 0.4) is 0 Å². The first-order valence-electron chi connectivity index (χ1n) is 14.7. The molecule has 5 heteroatoms. The smallest absolute Gasteiger partial charge is 0.310 e. The minimum absolute atomic E-state index is 0.0526. The van der Waals surface area contributed by atoms with Crippen molar-refractivity contribution in [3.63, 3.8) is 0 Å². The first-order valence-corrected chi connectivity index (χ1v) is 14.7. The van der Waals surface area contributed by atoms with Crippen molar-refractivity contribution in [3.8, 4) is 0 Å². The summed E-state index contributed by atoms with van der Waals surface area (Å²) in [6.07, 6.45) is 7.44. The van der Waals surface area contributed by atoms with E-state index in [4.69, 9.17) is 0 Å². The summed E-state index contributed by atoms with van der Waals surface area (Å²) >= 11 is 0. The Labute approximate surface area is 217 Å². The van der Waals surface area contributed by atoms with E-state index < -0.39 is 28.2 Å². The molecule has 5 rings (SSSR count). The number of carbonyl (C=O) groups is 2. The molecule has 0 aromatic heterocycles. The number of carboxylic acids is 2. The van der Waals surface area contributed by atoms with Crippen LogP contribution in [0.1, 0.15) is 113 Å². The molecule has 5 fully saturated rings. The van der Waals surface area contributed by atoms with Gasteiger partial charge in [0, 0.05) is 5.41 Å². The molecule has 1 unspecified atom stereocenters. The van der Waals surface area contributed by atoms with Gasteiger partial charge in [0.05, 0.1) is 16.9 Å². The number of fused-ring (bicyclic) bond motifs is 7. The van der Waals surface area contributed by atoms with Gasteiger partial charge >= 0.3 is 11.9 Å². The zero-order valence-electron chi connectivity index (χ0n) is 23.7. The molecule has 0 radical (unpaired) electrons. The Hall–Kier alpha value is -1.10. The van der Waals surface area contributed by atoms with E-state index in [1.54, 1.807) is 0 Å². The zero-order chi connectivity index (χ0) is 26.7. The molecular weight excluding hydrogens is 452 g/mol. The van der Waals surface area contributed by atoms with Gasteiger partial charge in [-0.15, -0.1) is 0 Å². The molecular formula is C31H50O5. The van der Waals surface area contributed by atoms with E-state index in [2.05, 4.69) is 48.5 Å². The van der Waals surface area contributed by atoms with E-state index in [0.717, 1.165) is 38.5 Å². The maximum absolute atomic E-state index is 13.7. The largest absolute Gasteiger partial charge is 0.481 e. The molecule has 0 aromatic rings. The van der Waals surface area contributed by atoms with Gasteiger partial charge in [-0.1, -0.05) is 48.5 Å². The fourth-order valence-electron chi connectivity index (χ4n) is 12.2. The highest BCUT2D eigenvalue weighted by Crippen LogP contribution is 2.80. The van der Waals surface area contributed by atoms with Crippen molar-refractivity contribution in [1.82, 2.24) is 0 Å². The molecule has 5 nitrogen and oxygen atoms in total. The average Bonchev–Trinajstić information content (AvgIpc) is 2.79. The van der Waals surface area contributed by atoms with E-state index >= 15 is 0 Å². The number of aliphatic hydroxyl groups is 1. The zero-order valence-corrected chi connectivity index (χ0v) is 23.7. The molecule has 0 aliphatic heterocycles. The molecule has 0 amide bonds. The Balaban J connectivity index is 1.70. The second-order valence-electron chi connectivity index (χ2n) is 15.4. The van der Waals surface area contributed by atoms with Gasteiger partial charge in [0.2, 0.25) is 0 Å². The third kappa shape index (κ3) is 2.77. The Morgan fingerprint density at radius 1 is 0.722 bits per heavy atom. The van der Waals surface area contributed by atoms with Crippen LogP contribution in [0.2, 0.25) is 0 Å². The van der Waals surface area contributed by atoms with Gasteiger partial charge in [-0.2, -0.15) is 0 Å². The van der Waals surface area contributed by atoms with Crippen molar-refractivity contribution in [2.75, 3.05) is 0 Å². The van der Waals surface area contributed by atoms with Crippen molar-refractivity contribution in [2.45, 2.75) is 119 Å². The third-order valence-corrected chi connectivity index (χ3v) is 14.5. The SMILES string of the molecule is C[C@H]1[C@H](C)CC[C@]2(C(=O)O)CC[C@]3(C)[C@](C(=O)O)(CC[C@@H]4[C@@]5(C)C(O)CCC(C)(C)[C@@H]5CC[C@]43C)[C@H]12. The Kier molecular flexibility index (Phi) is 5.69. The quantitative estimate of drug-likeness (QED) is 0.394. The molecule has 36 heavy (non-hydrogen) atoms. The summed E-state index contributed by atoms with van der Waals surface area (Å²) < 4.78 is 0. The summed E-state index contributed by atoms with van der Waals surface area (Å²) in [6.45, 7) is 16.0. The maximum atomic E-state index is 13.7. The lowest BCUT2D eigenvalue weighted by molar-refractivity contribution is -0.297. The van der Waals surface area contributed by atoms with E-state index in [0.29, 0.717) is 37.5 Å². The van der Waals surface area contributed by atoms with Crippen LogP contribution in [0.25, 0.3) is 0 Å². The molecule has 0 saturated heterocycles. The van der Waals surface area contributed by atoms with E-state index in [-0.39, 0.29) is 40.1 Å². The Morgan fingerprint density at radius 2 is 1.36 bits per heavy atom. The molecule has 0 aromatic carbocycles. The van der Waals surface area contributed by atoms with Gasteiger partial charge in [0.25, 0.3) is 0 Å². The average molecular weight is 503 g/mol. The predicted molar refractivity (Wildman–Crippen MR) is 139 cm³/mol. The first kappa shape index (κ1) is 26.5. The lowest BCUT2D eigenvalue weighted by Crippen LogP contribution is -2.74. The van der Waals surface area contributed by atoms with Gasteiger partial charge in [-0.3, -0.25) is 9.59 Å². The molecule has 0 bridgehead atoms. The van der Waals surface area contributed by atoms with E-state index in [1.165, 1.54) is 0 Å². The van der Waals surface area contributed by atoms with Crippen LogP contribution in [0.4, 0.5) is 0 Å². The van der Waals surface area contributed by atoms with Gasteiger partial charge in [-0.05, 0) is 110 Å². The fourth-order valence-corrected chi connectivity index (χ4v) is 12.2. The van der Waals surface area contributed by atoms with Crippen molar-refractivity contribution in [1.29, 1.82) is 0 Å². The van der Waals surface area contributed by atoms with Crippen LogP contribution < -0.4 is 0 Å². The van der Waals surface area contributed by atoms with Crippen molar-refractivity contribution < 1.29 is 24.9 Å². The Morgan fingerprint density at radius 3 is 1.97 bits per heavy atom. The molecule has 0 spiro atoms. The summed E-state index contributed by atoms with van der Waals surface area (Å²) in [7, 11) is 0. The van der Waals surface area contributed by atoms with Gasteiger partial charge in [0.15, 0.2) is 0 Å². The van der Waals surface area contributed by atoms with Crippen molar-refractivity contribution >= 4 is 11.9 Å². The van der Waals surface area contributed by atoms with Crippen LogP contribution >= 0.6 is 0 Å². The van der Waals surface area contributed by atoms with Crippen LogP contribution in [0.15, 0.2) is 0 Å². The summed E-state index contributed by atoms with van der Waals surface area (Å²) in [5.41, 5.74) is -2.85. The summed E-state index contributed by atoms with van der Waals surface area (Å²) in [6, 6.07) is 0. The summed E-state index contributed by atoms with van der Waals surface area (Å²) in [5, 5.41) is 33.5. The van der Waals surface area contributed by atoms with Crippen LogP contribution in [-0.4, -0.2) is 33.4 Å². The highest BCUT2D eigenvalue weighted by molar-refractivity contribution is 5.82. The van der Waals surface area contributed by atoms with E-state index in [9.17, 15) is 24.9 Å². The third-order valence-electron chi connectivity index (χ3n) is 14.5. The number of hydrogen-bond acceptors (Lipinski definition) is 3. The number of carboxylic acid groups (broad SMARTS) is 2. The minimum Gasteiger partial charge on any atom is -0.481 e. The fraction of sp³-hybridized carbons (Fsp3) is 0.935. The molecule has 5 aliphatic carbocycles. The molecule has 0 heterocycles. The first-order chi connectivity index (χ1) is 16.6.